The Morgan fingerprint density at radius 2 is 2.00 bits per heavy atom. The summed E-state index contributed by atoms with van der Waals surface area (Å²) >= 11 is 0. The summed E-state index contributed by atoms with van der Waals surface area (Å²) in [6.45, 7) is 0.230. The lowest BCUT2D eigenvalue weighted by Gasteiger charge is -2.09. The zero-order chi connectivity index (χ0) is 21.1. The van der Waals surface area contributed by atoms with E-state index in [-0.39, 0.29) is 36.2 Å². The number of carbonyl (C=O) groups is 1. The van der Waals surface area contributed by atoms with E-state index in [4.69, 9.17) is 4.74 Å². The van der Waals surface area contributed by atoms with Gasteiger partial charge in [-0.2, -0.15) is 0 Å². The molecular formula is C21H22N4O4S. The minimum Gasteiger partial charge on any atom is -0.471 e. The van der Waals surface area contributed by atoms with Gasteiger partial charge in [-0.1, -0.05) is 35.5 Å². The molecule has 4 rings (SSSR count). The lowest BCUT2D eigenvalue weighted by Crippen LogP contribution is -2.11. The Labute approximate surface area is 174 Å². The van der Waals surface area contributed by atoms with Gasteiger partial charge in [0.05, 0.1) is 11.5 Å². The van der Waals surface area contributed by atoms with Gasteiger partial charge in [-0.25, -0.2) is 18.1 Å². The third kappa shape index (κ3) is 4.56. The van der Waals surface area contributed by atoms with Gasteiger partial charge in [-0.05, 0) is 18.4 Å². The van der Waals surface area contributed by atoms with Crippen LogP contribution in [0.4, 0.5) is 0 Å². The summed E-state index contributed by atoms with van der Waals surface area (Å²) < 4.78 is 30.6. The van der Waals surface area contributed by atoms with Crippen molar-refractivity contribution in [1.82, 2.24) is 20.0 Å². The minimum atomic E-state index is -2.99. The van der Waals surface area contributed by atoms with E-state index >= 15 is 0 Å². The minimum absolute atomic E-state index is 0.0931. The summed E-state index contributed by atoms with van der Waals surface area (Å²) in [5, 5.41) is 8.30. The zero-order valence-electron chi connectivity index (χ0n) is 16.6. The summed E-state index contributed by atoms with van der Waals surface area (Å²) in [5.74, 6) is 0.445. The second-order valence-corrected chi connectivity index (χ2v) is 9.67. The number of sulfone groups is 1. The van der Waals surface area contributed by atoms with Crippen LogP contribution >= 0.6 is 0 Å². The van der Waals surface area contributed by atoms with Gasteiger partial charge in [0.25, 0.3) is 0 Å². The molecule has 1 atom stereocenters. The summed E-state index contributed by atoms with van der Waals surface area (Å²) in [6.07, 6.45) is 2.24. The molecule has 0 amide bonds. The smallest absolute Gasteiger partial charge is 0.213 e. The molecule has 0 aliphatic carbocycles. The highest BCUT2D eigenvalue weighted by atomic mass is 32.2. The number of carbonyl (C=O) groups excluding carboxylic acids is 1. The largest absolute Gasteiger partial charge is 0.471 e. The molecule has 1 fully saturated rings. The van der Waals surface area contributed by atoms with Gasteiger partial charge >= 0.3 is 0 Å². The number of ketones is 1. The van der Waals surface area contributed by atoms with E-state index in [9.17, 15) is 13.2 Å². The van der Waals surface area contributed by atoms with Crippen LogP contribution in [0.2, 0.25) is 0 Å². The predicted octanol–water partition coefficient (Wildman–Crippen LogP) is 2.46. The second kappa shape index (κ2) is 8.35. The van der Waals surface area contributed by atoms with Crippen molar-refractivity contribution in [3.8, 4) is 17.1 Å². The molecule has 30 heavy (non-hydrogen) atoms. The lowest BCUT2D eigenvalue weighted by molar-refractivity contribution is 0.0965. The van der Waals surface area contributed by atoms with Crippen LogP contribution in [0.25, 0.3) is 11.3 Å². The van der Waals surface area contributed by atoms with E-state index in [0.29, 0.717) is 17.9 Å². The monoisotopic (exact) mass is 426 g/mol. The number of nitrogens with zero attached hydrogens (tertiary/aromatic N) is 4. The van der Waals surface area contributed by atoms with Crippen LogP contribution in [-0.4, -0.2) is 45.7 Å². The first-order valence-electron chi connectivity index (χ1n) is 9.68. The molecule has 3 heterocycles. The molecule has 0 spiro atoms. The summed E-state index contributed by atoms with van der Waals surface area (Å²) in [6, 6.07) is 13.0. The normalized spacial score (nSPS) is 17.7. The van der Waals surface area contributed by atoms with E-state index in [1.807, 2.05) is 30.3 Å². The summed E-state index contributed by atoms with van der Waals surface area (Å²) in [5.41, 5.74) is 2.97. The molecular weight excluding hydrogens is 404 g/mol. The highest BCUT2D eigenvalue weighted by molar-refractivity contribution is 7.91. The first-order chi connectivity index (χ1) is 14.4. The van der Waals surface area contributed by atoms with Gasteiger partial charge in [0.15, 0.2) is 15.6 Å². The predicted molar refractivity (Wildman–Crippen MR) is 111 cm³/mol. The fourth-order valence-electron chi connectivity index (χ4n) is 3.54. The highest BCUT2D eigenvalue weighted by Gasteiger charge is 2.29. The standard InChI is InChI=1S/C21H22N4O4S/c1-25-18(21(23-24-25)16-5-3-2-4-6-16)13-29-20-8-7-17(12-22-20)19(26)11-15-9-10-30(27,28)14-15/h2-8,12,15H,9-11,13-14H2,1H3. The van der Waals surface area contributed by atoms with Crippen molar-refractivity contribution in [1.29, 1.82) is 0 Å². The molecule has 0 radical (unpaired) electrons. The number of hydrogen-bond acceptors (Lipinski definition) is 7. The maximum atomic E-state index is 12.4. The van der Waals surface area contributed by atoms with Crippen molar-refractivity contribution in [2.75, 3.05) is 11.5 Å². The molecule has 1 saturated heterocycles. The van der Waals surface area contributed by atoms with Crippen molar-refractivity contribution in [3.05, 3.63) is 59.9 Å². The maximum absolute atomic E-state index is 12.4. The fourth-order valence-corrected chi connectivity index (χ4v) is 5.41. The molecule has 1 aliphatic rings. The van der Waals surface area contributed by atoms with Crippen molar-refractivity contribution in [3.63, 3.8) is 0 Å². The van der Waals surface area contributed by atoms with E-state index in [0.717, 1.165) is 17.0 Å². The molecule has 0 N–H and O–H groups in total. The van der Waals surface area contributed by atoms with E-state index in [1.165, 1.54) is 6.20 Å². The first-order valence-corrected chi connectivity index (χ1v) is 11.5. The number of benzene rings is 1. The topological polar surface area (TPSA) is 104 Å². The lowest BCUT2D eigenvalue weighted by atomic mass is 9.99. The molecule has 1 aromatic carbocycles. The number of hydrogen-bond donors (Lipinski definition) is 0. The van der Waals surface area contributed by atoms with E-state index in [2.05, 4.69) is 15.3 Å². The van der Waals surface area contributed by atoms with Crippen LogP contribution < -0.4 is 4.74 Å². The zero-order valence-corrected chi connectivity index (χ0v) is 17.4. The van der Waals surface area contributed by atoms with Crippen LogP contribution in [0.3, 0.4) is 0 Å². The third-order valence-electron chi connectivity index (χ3n) is 5.21. The number of aryl methyl sites for hydroxylation is 1. The summed E-state index contributed by atoms with van der Waals surface area (Å²) in [4.78, 5) is 16.6. The highest BCUT2D eigenvalue weighted by Crippen LogP contribution is 2.24. The van der Waals surface area contributed by atoms with E-state index < -0.39 is 9.84 Å². The second-order valence-electron chi connectivity index (χ2n) is 7.44. The van der Waals surface area contributed by atoms with Crippen molar-refractivity contribution in [2.45, 2.75) is 19.4 Å². The van der Waals surface area contributed by atoms with E-state index in [1.54, 1.807) is 23.9 Å². The Bertz CT molecular complexity index is 1140. The van der Waals surface area contributed by atoms with Crippen LogP contribution in [0, 0.1) is 5.92 Å². The SMILES string of the molecule is Cn1nnc(-c2ccccc2)c1COc1ccc(C(=O)CC2CCS(=O)(=O)C2)cn1. The Morgan fingerprint density at radius 1 is 1.20 bits per heavy atom. The third-order valence-corrected chi connectivity index (χ3v) is 7.04. The van der Waals surface area contributed by atoms with Gasteiger partial charge in [0.1, 0.15) is 18.0 Å². The number of pyridine rings is 1. The average Bonchev–Trinajstić information content (AvgIpc) is 3.28. The van der Waals surface area contributed by atoms with Crippen molar-refractivity contribution < 1.29 is 17.9 Å². The van der Waals surface area contributed by atoms with Gasteiger partial charge in [-0.15, -0.1) is 5.10 Å². The van der Waals surface area contributed by atoms with Gasteiger partial charge in [-0.3, -0.25) is 4.79 Å². The molecule has 156 valence electrons. The Balaban J connectivity index is 1.39. The number of Topliss-reactive ketones (excluding diaryl/α,β-unsaturated/α-hetero) is 1. The Hall–Kier alpha value is -3.07. The molecule has 0 saturated carbocycles. The van der Waals surface area contributed by atoms with Gasteiger partial charge in [0, 0.05) is 36.9 Å². The number of ether oxygens (including phenoxy) is 1. The van der Waals surface area contributed by atoms with Crippen LogP contribution in [0.1, 0.15) is 28.9 Å². The first kappa shape index (κ1) is 20.2. The molecule has 1 aliphatic heterocycles. The maximum Gasteiger partial charge on any atom is 0.213 e. The van der Waals surface area contributed by atoms with Gasteiger partial charge in [0.2, 0.25) is 5.88 Å². The fraction of sp³-hybridized carbons (Fsp3) is 0.333. The summed E-state index contributed by atoms with van der Waals surface area (Å²) in [7, 11) is -1.18. The van der Waals surface area contributed by atoms with Crippen LogP contribution in [0.5, 0.6) is 5.88 Å². The van der Waals surface area contributed by atoms with Crippen molar-refractivity contribution >= 4 is 15.6 Å². The van der Waals surface area contributed by atoms with Crippen LogP contribution in [0.15, 0.2) is 48.7 Å². The molecule has 8 nitrogen and oxygen atoms in total. The Morgan fingerprint density at radius 3 is 2.67 bits per heavy atom. The van der Waals surface area contributed by atoms with Gasteiger partial charge < -0.3 is 4.74 Å². The Kier molecular flexibility index (Phi) is 5.63. The molecule has 2 aromatic heterocycles. The molecule has 3 aromatic rings. The quantitative estimate of drug-likeness (QED) is 0.535. The number of aromatic nitrogens is 4. The van der Waals surface area contributed by atoms with Crippen LogP contribution in [-0.2, 0) is 23.5 Å². The molecule has 9 heteroatoms. The molecule has 0 bridgehead atoms. The molecule has 1 unspecified atom stereocenters. The average molecular weight is 426 g/mol. The van der Waals surface area contributed by atoms with Crippen molar-refractivity contribution in [2.24, 2.45) is 13.0 Å². The number of rotatable bonds is 7.